The Morgan fingerprint density at radius 1 is 1.53 bits per heavy atom. The first-order chi connectivity index (χ1) is 7.06. The molecule has 1 aliphatic heterocycles. The summed E-state index contributed by atoms with van der Waals surface area (Å²) in [4.78, 5) is 2.14. The minimum Gasteiger partial charge on any atom is -0.395 e. The van der Waals surface area contributed by atoms with Crippen LogP contribution in [-0.2, 0) is 4.74 Å². The van der Waals surface area contributed by atoms with E-state index in [2.05, 4.69) is 24.1 Å². The molecular formula is C11H24N2O2. The van der Waals surface area contributed by atoms with E-state index in [4.69, 9.17) is 9.84 Å². The Labute approximate surface area is 92.6 Å². The van der Waals surface area contributed by atoms with Crippen LogP contribution in [0.1, 0.15) is 13.8 Å². The Hall–Kier alpha value is -0.160. The molecule has 1 rings (SSSR count). The van der Waals surface area contributed by atoms with Gasteiger partial charge in [-0.05, 0) is 14.0 Å². The van der Waals surface area contributed by atoms with Crippen LogP contribution in [0, 0.1) is 5.41 Å². The highest BCUT2D eigenvalue weighted by Crippen LogP contribution is 2.25. The zero-order valence-corrected chi connectivity index (χ0v) is 10.1. The lowest BCUT2D eigenvalue weighted by Gasteiger charge is -2.39. The molecule has 1 heterocycles. The standard InChI is InChI=1S/C11H24N2O2/c1-10(6-13(3)4-5-14)12-7-11(2)8-15-9-11/h10,12,14H,4-9H2,1-3H3. The van der Waals surface area contributed by atoms with Crippen molar-refractivity contribution in [2.24, 2.45) is 5.41 Å². The summed E-state index contributed by atoms with van der Waals surface area (Å²) in [6, 6.07) is 0.457. The Kier molecular flexibility index (Phi) is 4.99. The van der Waals surface area contributed by atoms with Crippen LogP contribution in [0.4, 0.5) is 0 Å². The molecule has 4 nitrogen and oxygen atoms in total. The summed E-state index contributed by atoms with van der Waals surface area (Å²) in [5, 5.41) is 12.3. The number of nitrogens with one attached hydrogen (secondary N) is 1. The van der Waals surface area contributed by atoms with Crippen molar-refractivity contribution in [1.29, 1.82) is 0 Å². The highest BCUT2D eigenvalue weighted by molar-refractivity contribution is 4.84. The molecule has 1 atom stereocenters. The van der Waals surface area contributed by atoms with Crippen molar-refractivity contribution < 1.29 is 9.84 Å². The molecule has 15 heavy (non-hydrogen) atoms. The smallest absolute Gasteiger partial charge is 0.0558 e. The molecule has 1 fully saturated rings. The molecule has 1 aliphatic rings. The molecule has 1 saturated heterocycles. The highest BCUT2D eigenvalue weighted by atomic mass is 16.5. The zero-order valence-electron chi connectivity index (χ0n) is 10.1. The van der Waals surface area contributed by atoms with Gasteiger partial charge in [0.2, 0.25) is 0 Å². The van der Waals surface area contributed by atoms with Crippen molar-refractivity contribution in [2.75, 3.05) is 46.5 Å². The molecule has 4 heteroatoms. The van der Waals surface area contributed by atoms with E-state index < -0.39 is 0 Å². The van der Waals surface area contributed by atoms with E-state index in [0.717, 1.165) is 32.8 Å². The molecule has 90 valence electrons. The van der Waals surface area contributed by atoms with E-state index in [9.17, 15) is 0 Å². The first-order valence-corrected chi connectivity index (χ1v) is 5.66. The average molecular weight is 216 g/mol. The van der Waals surface area contributed by atoms with E-state index in [1.807, 2.05) is 7.05 Å². The van der Waals surface area contributed by atoms with Crippen molar-refractivity contribution in [3.63, 3.8) is 0 Å². The Bertz CT molecular complexity index is 183. The van der Waals surface area contributed by atoms with Gasteiger partial charge in [0, 0.05) is 31.1 Å². The number of aliphatic hydroxyl groups is 1. The van der Waals surface area contributed by atoms with Crippen LogP contribution in [0.5, 0.6) is 0 Å². The summed E-state index contributed by atoms with van der Waals surface area (Å²) >= 11 is 0. The number of likely N-dealkylation sites (N-methyl/N-ethyl adjacent to an activating group) is 1. The molecule has 2 N–H and O–H groups in total. The van der Waals surface area contributed by atoms with Crippen molar-refractivity contribution in [1.82, 2.24) is 10.2 Å². The molecule has 0 spiro atoms. The van der Waals surface area contributed by atoms with E-state index in [-0.39, 0.29) is 6.61 Å². The second-order valence-corrected chi connectivity index (χ2v) is 5.07. The number of nitrogens with zero attached hydrogens (tertiary/aromatic N) is 1. The van der Waals surface area contributed by atoms with E-state index in [0.29, 0.717) is 11.5 Å². The molecule has 0 aliphatic carbocycles. The molecule has 0 aromatic carbocycles. The Morgan fingerprint density at radius 2 is 2.20 bits per heavy atom. The largest absolute Gasteiger partial charge is 0.395 e. The molecule has 0 bridgehead atoms. The minimum absolute atomic E-state index is 0.231. The third-order valence-corrected chi connectivity index (χ3v) is 2.85. The van der Waals surface area contributed by atoms with Gasteiger partial charge in [0.15, 0.2) is 0 Å². The van der Waals surface area contributed by atoms with E-state index in [1.54, 1.807) is 0 Å². The minimum atomic E-state index is 0.231. The number of rotatable bonds is 7. The van der Waals surface area contributed by atoms with Crippen LogP contribution in [0.25, 0.3) is 0 Å². The summed E-state index contributed by atoms with van der Waals surface area (Å²) < 4.78 is 5.21. The summed E-state index contributed by atoms with van der Waals surface area (Å²) in [6.45, 7) is 9.13. The fourth-order valence-corrected chi connectivity index (χ4v) is 1.77. The number of hydrogen-bond donors (Lipinski definition) is 2. The first kappa shape index (κ1) is 12.9. The summed E-state index contributed by atoms with van der Waals surface area (Å²) in [5.74, 6) is 0. The fourth-order valence-electron chi connectivity index (χ4n) is 1.77. The lowest BCUT2D eigenvalue weighted by atomic mass is 9.88. The third kappa shape index (κ3) is 4.47. The summed E-state index contributed by atoms with van der Waals surface area (Å²) in [5.41, 5.74) is 0.337. The third-order valence-electron chi connectivity index (χ3n) is 2.85. The maximum atomic E-state index is 8.78. The molecule has 0 radical (unpaired) electrons. The normalized spacial score (nSPS) is 21.4. The van der Waals surface area contributed by atoms with Gasteiger partial charge in [-0.1, -0.05) is 6.92 Å². The predicted octanol–water partition coefficient (Wildman–Crippen LogP) is -0.0749. The molecule has 1 unspecified atom stereocenters. The van der Waals surface area contributed by atoms with Gasteiger partial charge in [-0.25, -0.2) is 0 Å². The van der Waals surface area contributed by atoms with Gasteiger partial charge >= 0.3 is 0 Å². The summed E-state index contributed by atoms with van der Waals surface area (Å²) in [7, 11) is 2.03. The maximum Gasteiger partial charge on any atom is 0.0558 e. The molecular weight excluding hydrogens is 192 g/mol. The number of aliphatic hydroxyl groups excluding tert-OH is 1. The lowest BCUT2D eigenvalue weighted by molar-refractivity contribution is -0.1000. The zero-order chi connectivity index (χ0) is 11.3. The second-order valence-electron chi connectivity index (χ2n) is 5.07. The average Bonchev–Trinajstić information content (AvgIpc) is 2.12. The van der Waals surface area contributed by atoms with Crippen LogP contribution >= 0.6 is 0 Å². The van der Waals surface area contributed by atoms with Gasteiger partial charge in [0.25, 0.3) is 0 Å². The van der Waals surface area contributed by atoms with Gasteiger partial charge in [-0.3, -0.25) is 0 Å². The van der Waals surface area contributed by atoms with Gasteiger partial charge < -0.3 is 20.1 Å². The second kappa shape index (κ2) is 5.80. The fraction of sp³-hybridized carbons (Fsp3) is 1.00. The molecule has 0 amide bonds. The predicted molar refractivity (Wildman–Crippen MR) is 61.0 cm³/mol. The topological polar surface area (TPSA) is 44.7 Å². The quantitative estimate of drug-likeness (QED) is 0.625. The van der Waals surface area contributed by atoms with Gasteiger partial charge in [0.1, 0.15) is 0 Å². The van der Waals surface area contributed by atoms with Gasteiger partial charge in [-0.2, -0.15) is 0 Å². The number of hydrogen-bond acceptors (Lipinski definition) is 4. The first-order valence-electron chi connectivity index (χ1n) is 5.66. The van der Waals surface area contributed by atoms with Crippen molar-refractivity contribution in [2.45, 2.75) is 19.9 Å². The van der Waals surface area contributed by atoms with E-state index in [1.165, 1.54) is 0 Å². The van der Waals surface area contributed by atoms with Crippen LogP contribution in [0.15, 0.2) is 0 Å². The van der Waals surface area contributed by atoms with Crippen LogP contribution < -0.4 is 5.32 Å². The highest BCUT2D eigenvalue weighted by Gasteiger charge is 2.33. The van der Waals surface area contributed by atoms with Crippen LogP contribution in [0.3, 0.4) is 0 Å². The Balaban J connectivity index is 2.09. The van der Waals surface area contributed by atoms with Crippen LogP contribution in [0.2, 0.25) is 0 Å². The SMILES string of the molecule is CC(CN(C)CCO)NCC1(C)COC1. The molecule has 0 aromatic heterocycles. The van der Waals surface area contributed by atoms with Crippen molar-refractivity contribution in [3.05, 3.63) is 0 Å². The van der Waals surface area contributed by atoms with Gasteiger partial charge in [-0.15, -0.1) is 0 Å². The van der Waals surface area contributed by atoms with Crippen molar-refractivity contribution in [3.8, 4) is 0 Å². The lowest BCUT2D eigenvalue weighted by Crippen LogP contribution is -2.50. The summed E-state index contributed by atoms with van der Waals surface area (Å²) in [6.07, 6.45) is 0. The van der Waals surface area contributed by atoms with E-state index >= 15 is 0 Å². The van der Waals surface area contributed by atoms with Crippen molar-refractivity contribution >= 4 is 0 Å². The molecule has 0 aromatic rings. The molecule has 0 saturated carbocycles. The maximum absolute atomic E-state index is 8.78. The monoisotopic (exact) mass is 216 g/mol. The Morgan fingerprint density at radius 3 is 2.67 bits per heavy atom. The van der Waals surface area contributed by atoms with Gasteiger partial charge in [0.05, 0.1) is 19.8 Å². The number of ether oxygens (including phenoxy) is 1. The van der Waals surface area contributed by atoms with Crippen LogP contribution in [-0.4, -0.2) is 62.6 Å².